The van der Waals surface area contributed by atoms with Crippen LogP contribution in [0.2, 0.25) is 18.1 Å². The molecule has 0 atom stereocenters. The summed E-state index contributed by atoms with van der Waals surface area (Å²) < 4.78 is 14.6. The van der Waals surface area contributed by atoms with E-state index in [9.17, 15) is 0 Å². The van der Waals surface area contributed by atoms with Crippen LogP contribution in [0.1, 0.15) is 20.8 Å². The molecule has 0 aliphatic heterocycles. The zero-order chi connectivity index (χ0) is 15.7. The number of rotatable bonds is 5. The van der Waals surface area contributed by atoms with Gasteiger partial charge in [0.1, 0.15) is 6.61 Å². The second-order valence-electron chi connectivity index (χ2n) is 6.64. The van der Waals surface area contributed by atoms with Crippen LogP contribution in [0.5, 0.6) is 5.75 Å². The number of hydrogen-bond acceptors (Lipinski definition) is 3. The van der Waals surface area contributed by atoms with Crippen LogP contribution in [0.3, 0.4) is 0 Å². The molecule has 0 saturated heterocycles. The molecule has 0 bridgehead atoms. The Morgan fingerprint density at radius 1 is 1.29 bits per heavy atom. The van der Waals surface area contributed by atoms with E-state index in [0.29, 0.717) is 13.2 Å². The van der Waals surface area contributed by atoms with Gasteiger partial charge in [0.25, 0.3) is 0 Å². The smallest absolute Gasteiger partial charge is 0.192 e. The van der Waals surface area contributed by atoms with Crippen molar-refractivity contribution in [1.82, 2.24) is 9.61 Å². The van der Waals surface area contributed by atoms with Crippen molar-refractivity contribution >= 4 is 29.8 Å². The Balaban J connectivity index is 1.92. The molecule has 0 aliphatic rings. The molecule has 0 fully saturated rings. The van der Waals surface area contributed by atoms with Gasteiger partial charge in [0, 0.05) is 6.20 Å². The lowest BCUT2D eigenvalue weighted by Crippen LogP contribution is -2.41. The predicted molar refractivity (Wildman–Crippen MR) is 91.5 cm³/mol. The Morgan fingerprint density at radius 3 is 2.67 bits per heavy atom. The van der Waals surface area contributed by atoms with Crippen molar-refractivity contribution in [2.75, 3.05) is 13.2 Å². The van der Waals surface area contributed by atoms with Gasteiger partial charge in [0.05, 0.1) is 22.8 Å². The molecule has 2 rings (SSSR count). The summed E-state index contributed by atoms with van der Waals surface area (Å²) in [6.07, 6.45) is 3.65. The summed E-state index contributed by atoms with van der Waals surface area (Å²) in [6.45, 7) is 12.4. The van der Waals surface area contributed by atoms with E-state index in [1.54, 1.807) is 10.7 Å². The molecule has 116 valence electrons. The summed E-state index contributed by atoms with van der Waals surface area (Å²) in [5, 5.41) is 4.44. The summed E-state index contributed by atoms with van der Waals surface area (Å²) in [7, 11) is -1.70. The van der Waals surface area contributed by atoms with Gasteiger partial charge < -0.3 is 9.16 Å². The van der Waals surface area contributed by atoms with Gasteiger partial charge in [-0.25, -0.2) is 4.52 Å². The number of halogens is 1. The van der Waals surface area contributed by atoms with Gasteiger partial charge in [0.2, 0.25) is 0 Å². The van der Waals surface area contributed by atoms with Crippen molar-refractivity contribution < 1.29 is 9.16 Å². The Kier molecular flexibility index (Phi) is 4.80. The number of ether oxygens (including phenoxy) is 1. The lowest BCUT2D eigenvalue weighted by atomic mass is 10.2. The number of nitrogens with zero attached hydrogens (tertiary/aromatic N) is 2. The van der Waals surface area contributed by atoms with Crippen molar-refractivity contribution in [2.45, 2.75) is 38.9 Å². The maximum atomic E-state index is 6.10. The third-order valence-corrected chi connectivity index (χ3v) is 9.22. The van der Waals surface area contributed by atoms with Crippen LogP contribution in [-0.4, -0.2) is 31.1 Å². The fraction of sp³-hybridized carbons (Fsp3) is 0.533. The van der Waals surface area contributed by atoms with Crippen LogP contribution in [0.25, 0.3) is 5.52 Å². The molecule has 2 aromatic heterocycles. The lowest BCUT2D eigenvalue weighted by Gasteiger charge is -2.36. The molecule has 0 radical (unpaired) electrons. The number of aromatic nitrogens is 2. The van der Waals surface area contributed by atoms with Gasteiger partial charge in [-0.15, -0.1) is 0 Å². The predicted octanol–water partition coefficient (Wildman–Crippen LogP) is 4.50. The number of hydrogen-bond donors (Lipinski definition) is 0. The Labute approximate surface area is 135 Å². The Hall–Kier alpha value is -0.853. The van der Waals surface area contributed by atoms with Gasteiger partial charge in [-0.2, -0.15) is 5.10 Å². The molecule has 0 saturated carbocycles. The van der Waals surface area contributed by atoms with Crippen molar-refractivity contribution in [3.05, 3.63) is 29.0 Å². The van der Waals surface area contributed by atoms with E-state index in [4.69, 9.17) is 9.16 Å². The summed E-state index contributed by atoms with van der Waals surface area (Å²) >= 11 is 3.53. The van der Waals surface area contributed by atoms with Gasteiger partial charge in [-0.3, -0.25) is 0 Å². The van der Waals surface area contributed by atoms with Crippen LogP contribution in [0.4, 0.5) is 0 Å². The molecular formula is C15H23BrN2O2Si. The highest BCUT2D eigenvalue weighted by Gasteiger charge is 2.36. The maximum Gasteiger partial charge on any atom is 0.192 e. The topological polar surface area (TPSA) is 35.8 Å². The SMILES string of the molecule is CC(C)(C)[Si](C)(C)OCCOc1cn2nccc2cc1Br. The highest BCUT2D eigenvalue weighted by atomic mass is 79.9. The highest BCUT2D eigenvalue weighted by Crippen LogP contribution is 2.36. The van der Waals surface area contributed by atoms with Crippen LogP contribution in [0, 0.1) is 0 Å². The Bertz CT molecular complexity index is 620. The molecular weight excluding hydrogens is 348 g/mol. The molecule has 2 heterocycles. The molecule has 4 nitrogen and oxygen atoms in total. The first kappa shape index (κ1) is 16.5. The first-order valence-corrected chi connectivity index (χ1v) is 10.8. The average Bonchev–Trinajstić information content (AvgIpc) is 2.80. The summed E-state index contributed by atoms with van der Waals surface area (Å²) in [6, 6.07) is 3.95. The van der Waals surface area contributed by atoms with E-state index in [2.05, 4.69) is 54.9 Å². The fourth-order valence-electron chi connectivity index (χ4n) is 1.69. The van der Waals surface area contributed by atoms with Crippen molar-refractivity contribution in [3.63, 3.8) is 0 Å². The van der Waals surface area contributed by atoms with Gasteiger partial charge in [-0.1, -0.05) is 20.8 Å². The first-order valence-electron chi connectivity index (χ1n) is 7.10. The zero-order valence-electron chi connectivity index (χ0n) is 13.3. The summed E-state index contributed by atoms with van der Waals surface area (Å²) in [4.78, 5) is 0. The van der Waals surface area contributed by atoms with E-state index in [1.165, 1.54) is 0 Å². The van der Waals surface area contributed by atoms with Gasteiger partial charge >= 0.3 is 0 Å². The second-order valence-corrected chi connectivity index (χ2v) is 12.3. The molecule has 0 spiro atoms. The molecule has 21 heavy (non-hydrogen) atoms. The van der Waals surface area contributed by atoms with Crippen molar-refractivity contribution in [2.24, 2.45) is 0 Å². The monoisotopic (exact) mass is 370 g/mol. The number of fused-ring (bicyclic) bond motifs is 1. The molecule has 0 N–H and O–H groups in total. The molecule has 0 unspecified atom stereocenters. The third-order valence-electron chi connectivity index (χ3n) is 4.06. The quantitative estimate of drug-likeness (QED) is 0.574. The van der Waals surface area contributed by atoms with Gasteiger partial charge in [-0.05, 0) is 46.2 Å². The van der Waals surface area contributed by atoms with Crippen molar-refractivity contribution in [1.29, 1.82) is 0 Å². The minimum absolute atomic E-state index is 0.224. The number of pyridine rings is 1. The summed E-state index contributed by atoms with van der Waals surface area (Å²) in [5.41, 5.74) is 1.03. The molecule has 6 heteroatoms. The van der Waals surface area contributed by atoms with Crippen molar-refractivity contribution in [3.8, 4) is 5.75 Å². The third kappa shape index (κ3) is 3.87. The van der Waals surface area contributed by atoms with Crippen LogP contribution >= 0.6 is 15.9 Å². The lowest BCUT2D eigenvalue weighted by molar-refractivity contribution is 0.202. The van der Waals surface area contributed by atoms with E-state index in [1.807, 2.05) is 18.3 Å². The van der Waals surface area contributed by atoms with Gasteiger partial charge in [0.15, 0.2) is 14.1 Å². The fourth-order valence-corrected chi connectivity index (χ4v) is 3.17. The van der Waals surface area contributed by atoms with Crippen LogP contribution in [0.15, 0.2) is 29.0 Å². The van der Waals surface area contributed by atoms with E-state index in [-0.39, 0.29) is 5.04 Å². The molecule has 0 amide bonds. The first-order chi connectivity index (χ1) is 9.71. The minimum Gasteiger partial charge on any atom is -0.488 e. The molecule has 0 aliphatic carbocycles. The van der Waals surface area contributed by atoms with E-state index < -0.39 is 8.32 Å². The molecule has 2 aromatic rings. The minimum atomic E-state index is -1.70. The van der Waals surface area contributed by atoms with E-state index >= 15 is 0 Å². The summed E-state index contributed by atoms with van der Waals surface area (Å²) in [5.74, 6) is 0.782. The highest BCUT2D eigenvalue weighted by molar-refractivity contribution is 9.10. The van der Waals surface area contributed by atoms with Crippen LogP contribution < -0.4 is 4.74 Å². The maximum absolute atomic E-state index is 6.10. The standard InChI is InChI=1S/C15H23BrN2O2Si/c1-15(2,3)21(4,5)20-9-8-19-14-11-18-12(6-7-17-18)10-13(14)16/h6-7,10-11H,8-9H2,1-5H3. The zero-order valence-corrected chi connectivity index (χ0v) is 15.9. The van der Waals surface area contributed by atoms with Crippen LogP contribution in [-0.2, 0) is 4.43 Å². The average molecular weight is 371 g/mol. The largest absolute Gasteiger partial charge is 0.488 e. The molecule has 0 aromatic carbocycles. The normalized spacial score (nSPS) is 12.9. The Morgan fingerprint density at radius 2 is 2.00 bits per heavy atom. The second kappa shape index (κ2) is 6.10. The van der Waals surface area contributed by atoms with E-state index in [0.717, 1.165) is 15.7 Å².